The summed E-state index contributed by atoms with van der Waals surface area (Å²) in [5.41, 5.74) is 3.78. The van der Waals surface area contributed by atoms with E-state index in [4.69, 9.17) is 12.2 Å². The van der Waals surface area contributed by atoms with Crippen molar-refractivity contribution in [1.82, 2.24) is 10.2 Å². The third-order valence-corrected chi connectivity index (χ3v) is 3.32. The molecule has 1 N–H and O–H groups in total. The molecule has 1 aliphatic rings. The highest BCUT2D eigenvalue weighted by Crippen LogP contribution is 2.33. The second kappa shape index (κ2) is 4.13. The monoisotopic (exact) mass is 210 g/mol. The molecule has 1 rings (SSSR count). The molecule has 78 valence electrons. The SMILES string of the molecule is C=C1C(CC)=C(C)[C@@H](C)N1C(=S)NC. The molecule has 0 unspecified atom stereocenters. The fraction of sp³-hybridized carbons (Fsp3) is 0.545. The smallest absolute Gasteiger partial charge is 0.173 e. The second-order valence-corrected chi connectivity index (χ2v) is 3.95. The molecule has 0 saturated heterocycles. The standard InChI is InChI=1S/C11H18N2S/c1-6-10-7(2)8(3)13(9(10)4)11(14)12-5/h8H,4,6H2,1-3,5H3,(H,12,14)/t8-/m1/s1. The first-order chi connectivity index (χ1) is 6.54. The molecule has 0 radical (unpaired) electrons. The van der Waals surface area contributed by atoms with Gasteiger partial charge in [0.2, 0.25) is 0 Å². The van der Waals surface area contributed by atoms with E-state index < -0.39 is 0 Å². The molecule has 0 amide bonds. The van der Waals surface area contributed by atoms with Gasteiger partial charge in [0.15, 0.2) is 5.11 Å². The van der Waals surface area contributed by atoms with Gasteiger partial charge in [0, 0.05) is 12.7 Å². The average molecular weight is 210 g/mol. The Morgan fingerprint density at radius 2 is 2.21 bits per heavy atom. The van der Waals surface area contributed by atoms with Crippen LogP contribution in [0, 0.1) is 0 Å². The van der Waals surface area contributed by atoms with Crippen molar-refractivity contribution in [3.05, 3.63) is 23.4 Å². The van der Waals surface area contributed by atoms with Crippen molar-refractivity contribution in [3.63, 3.8) is 0 Å². The molecule has 0 aromatic rings. The summed E-state index contributed by atoms with van der Waals surface area (Å²) in [4.78, 5) is 2.09. The van der Waals surface area contributed by atoms with E-state index in [1.807, 2.05) is 7.05 Å². The largest absolute Gasteiger partial charge is 0.365 e. The van der Waals surface area contributed by atoms with Crippen molar-refractivity contribution in [2.45, 2.75) is 33.2 Å². The van der Waals surface area contributed by atoms with Crippen LogP contribution in [-0.4, -0.2) is 23.1 Å². The molecule has 3 heteroatoms. The van der Waals surface area contributed by atoms with E-state index in [0.717, 1.165) is 17.2 Å². The topological polar surface area (TPSA) is 15.3 Å². The number of nitrogens with zero attached hydrogens (tertiary/aromatic N) is 1. The predicted molar refractivity (Wildman–Crippen MR) is 65.1 cm³/mol. The Balaban J connectivity index is 2.99. The summed E-state index contributed by atoms with van der Waals surface area (Å²) in [6.07, 6.45) is 1.03. The van der Waals surface area contributed by atoms with E-state index in [0.29, 0.717) is 6.04 Å². The number of nitrogens with one attached hydrogen (secondary N) is 1. The molecule has 2 nitrogen and oxygen atoms in total. The molecule has 14 heavy (non-hydrogen) atoms. The molecular weight excluding hydrogens is 192 g/mol. The van der Waals surface area contributed by atoms with Gasteiger partial charge in [-0.25, -0.2) is 0 Å². The number of thiocarbonyl (C=S) groups is 1. The first-order valence-corrected chi connectivity index (χ1v) is 5.35. The maximum absolute atomic E-state index is 5.25. The lowest BCUT2D eigenvalue weighted by atomic mass is 10.1. The normalized spacial score (nSPS) is 21.9. The molecule has 1 atom stereocenters. The Bertz CT molecular complexity index is 304. The predicted octanol–water partition coefficient (Wildman–Crippen LogP) is 2.44. The van der Waals surface area contributed by atoms with E-state index in [1.54, 1.807) is 0 Å². The van der Waals surface area contributed by atoms with Crippen LogP contribution in [0.5, 0.6) is 0 Å². The van der Waals surface area contributed by atoms with Crippen LogP contribution in [0.15, 0.2) is 23.4 Å². The number of hydrogen-bond acceptors (Lipinski definition) is 1. The van der Waals surface area contributed by atoms with E-state index >= 15 is 0 Å². The van der Waals surface area contributed by atoms with E-state index in [-0.39, 0.29) is 0 Å². The molecule has 0 aliphatic carbocycles. The molecule has 0 aromatic heterocycles. The van der Waals surface area contributed by atoms with Gasteiger partial charge in [-0.2, -0.15) is 0 Å². The molecule has 0 bridgehead atoms. The molecule has 1 aliphatic heterocycles. The van der Waals surface area contributed by atoms with Crippen LogP contribution in [0.4, 0.5) is 0 Å². The minimum Gasteiger partial charge on any atom is -0.365 e. The van der Waals surface area contributed by atoms with E-state index in [9.17, 15) is 0 Å². The van der Waals surface area contributed by atoms with Crippen LogP contribution >= 0.6 is 12.2 Å². The zero-order valence-corrected chi connectivity index (χ0v) is 10.2. The Morgan fingerprint density at radius 3 is 2.57 bits per heavy atom. The van der Waals surface area contributed by atoms with Gasteiger partial charge < -0.3 is 10.2 Å². The van der Waals surface area contributed by atoms with E-state index in [1.165, 1.54) is 11.1 Å². The van der Waals surface area contributed by atoms with Gasteiger partial charge >= 0.3 is 0 Å². The summed E-state index contributed by atoms with van der Waals surface area (Å²) in [6.45, 7) is 10.6. The third-order valence-electron chi connectivity index (χ3n) is 2.92. The van der Waals surface area contributed by atoms with Crippen molar-refractivity contribution in [2.75, 3.05) is 7.05 Å². The number of allylic oxidation sites excluding steroid dienone is 1. The Morgan fingerprint density at radius 1 is 1.64 bits per heavy atom. The zero-order valence-electron chi connectivity index (χ0n) is 9.35. The summed E-state index contributed by atoms with van der Waals surface area (Å²) in [7, 11) is 1.85. The van der Waals surface area contributed by atoms with Crippen molar-refractivity contribution >= 4 is 17.3 Å². The van der Waals surface area contributed by atoms with Gasteiger partial charge in [-0.3, -0.25) is 0 Å². The fourth-order valence-corrected chi connectivity index (χ4v) is 2.22. The van der Waals surface area contributed by atoms with Gasteiger partial charge in [0.25, 0.3) is 0 Å². The highest BCUT2D eigenvalue weighted by molar-refractivity contribution is 7.80. The highest BCUT2D eigenvalue weighted by Gasteiger charge is 2.30. The third kappa shape index (κ3) is 1.57. The van der Waals surface area contributed by atoms with Crippen LogP contribution < -0.4 is 5.32 Å². The number of hydrogen-bond donors (Lipinski definition) is 1. The zero-order chi connectivity index (χ0) is 10.9. The lowest BCUT2D eigenvalue weighted by molar-refractivity contribution is 0.477. The summed E-state index contributed by atoms with van der Waals surface area (Å²) in [6, 6.07) is 0.345. The minimum atomic E-state index is 0.345. The molecular formula is C11H18N2S. The summed E-state index contributed by atoms with van der Waals surface area (Å²) < 4.78 is 0. The molecule has 0 saturated carbocycles. The maximum Gasteiger partial charge on any atom is 0.173 e. The first kappa shape index (κ1) is 11.2. The van der Waals surface area contributed by atoms with Crippen LogP contribution in [0.2, 0.25) is 0 Å². The average Bonchev–Trinajstić information content (AvgIpc) is 2.38. The quantitative estimate of drug-likeness (QED) is 0.669. The Labute approximate surface area is 91.7 Å². The van der Waals surface area contributed by atoms with Gasteiger partial charge in [-0.05, 0) is 43.6 Å². The van der Waals surface area contributed by atoms with Crippen molar-refractivity contribution in [1.29, 1.82) is 0 Å². The lowest BCUT2D eigenvalue weighted by Gasteiger charge is -2.26. The number of rotatable bonds is 1. The molecule has 0 spiro atoms. The Kier molecular flexibility index (Phi) is 3.32. The lowest BCUT2D eigenvalue weighted by Crippen LogP contribution is -2.39. The van der Waals surface area contributed by atoms with Crippen LogP contribution in [0.1, 0.15) is 27.2 Å². The van der Waals surface area contributed by atoms with E-state index in [2.05, 4.69) is 37.6 Å². The summed E-state index contributed by atoms with van der Waals surface area (Å²) >= 11 is 5.25. The van der Waals surface area contributed by atoms with Crippen molar-refractivity contribution < 1.29 is 0 Å². The van der Waals surface area contributed by atoms with Gasteiger partial charge in [0.05, 0.1) is 6.04 Å². The molecule has 0 aromatic carbocycles. The minimum absolute atomic E-state index is 0.345. The second-order valence-electron chi connectivity index (χ2n) is 3.56. The van der Waals surface area contributed by atoms with Crippen molar-refractivity contribution in [3.8, 4) is 0 Å². The molecule has 1 heterocycles. The van der Waals surface area contributed by atoms with Crippen LogP contribution in [-0.2, 0) is 0 Å². The maximum atomic E-state index is 5.25. The highest BCUT2D eigenvalue weighted by atomic mass is 32.1. The van der Waals surface area contributed by atoms with Gasteiger partial charge in [-0.15, -0.1) is 0 Å². The molecule has 0 fully saturated rings. The van der Waals surface area contributed by atoms with Gasteiger partial charge in [-0.1, -0.05) is 13.5 Å². The summed E-state index contributed by atoms with van der Waals surface area (Å²) in [5.74, 6) is 0. The van der Waals surface area contributed by atoms with Crippen molar-refractivity contribution in [2.24, 2.45) is 0 Å². The van der Waals surface area contributed by atoms with Crippen LogP contribution in [0.25, 0.3) is 0 Å². The van der Waals surface area contributed by atoms with Crippen LogP contribution in [0.3, 0.4) is 0 Å². The first-order valence-electron chi connectivity index (χ1n) is 4.94. The summed E-state index contributed by atoms with van der Waals surface area (Å²) in [5, 5.41) is 3.76. The fourth-order valence-electron chi connectivity index (χ4n) is 1.95. The van der Waals surface area contributed by atoms with Gasteiger partial charge in [0.1, 0.15) is 0 Å². The Hall–Kier alpha value is -0.830.